The summed E-state index contributed by atoms with van der Waals surface area (Å²) in [6.07, 6.45) is 5.32. The topological polar surface area (TPSA) is 50.1 Å². The van der Waals surface area contributed by atoms with Crippen LogP contribution in [0.25, 0.3) is 0 Å². The average molecular weight is 225 g/mol. The number of rotatable bonds is 8. The van der Waals surface area contributed by atoms with E-state index in [1.54, 1.807) is 6.92 Å². The van der Waals surface area contributed by atoms with E-state index in [0.29, 0.717) is 18.9 Å². The molecule has 0 aliphatic rings. The maximum Gasteiger partial charge on any atom is 0.323 e. The van der Waals surface area contributed by atoms with Crippen molar-refractivity contribution in [3.63, 3.8) is 0 Å². The number of unbranched alkanes of at least 4 members (excludes halogenated alkanes) is 2. The van der Waals surface area contributed by atoms with Gasteiger partial charge >= 0.3 is 5.97 Å². The van der Waals surface area contributed by atoms with E-state index >= 15 is 0 Å². The molecule has 0 rings (SSSR count). The summed E-state index contributed by atoms with van der Waals surface area (Å²) in [6, 6.07) is 2.03. The third kappa shape index (κ3) is 6.44. The molecule has 92 valence electrons. The van der Waals surface area contributed by atoms with Crippen LogP contribution in [-0.2, 0) is 9.53 Å². The van der Waals surface area contributed by atoms with Gasteiger partial charge in [-0.05, 0) is 19.3 Å². The van der Waals surface area contributed by atoms with Crippen molar-refractivity contribution in [2.45, 2.75) is 52.9 Å². The molecule has 2 atom stereocenters. The van der Waals surface area contributed by atoms with Crippen LogP contribution >= 0.6 is 0 Å². The Morgan fingerprint density at radius 1 is 1.38 bits per heavy atom. The zero-order valence-electron chi connectivity index (χ0n) is 10.7. The van der Waals surface area contributed by atoms with Gasteiger partial charge in [-0.15, -0.1) is 0 Å². The van der Waals surface area contributed by atoms with Gasteiger partial charge in [0.15, 0.2) is 0 Å². The molecule has 0 amide bonds. The van der Waals surface area contributed by atoms with Gasteiger partial charge < -0.3 is 4.74 Å². The molecular weight excluding hydrogens is 202 g/mol. The third-order valence-electron chi connectivity index (χ3n) is 2.67. The first-order chi connectivity index (χ1) is 7.65. The maximum atomic E-state index is 11.4. The Balaban J connectivity index is 3.93. The number of carbonyl (C=O) groups is 1. The highest BCUT2D eigenvalue weighted by Gasteiger charge is 2.21. The van der Waals surface area contributed by atoms with Crippen LogP contribution in [-0.4, -0.2) is 12.6 Å². The predicted octanol–water partition coefficient (Wildman–Crippen LogP) is 3.30. The Kier molecular flexibility index (Phi) is 8.61. The fourth-order valence-corrected chi connectivity index (χ4v) is 1.71. The standard InChI is InChI=1S/C13H23NO2/c1-4-6-7-8-11(3)9-12(10-14)13(15)16-5-2/h11-12H,4-9H2,1-3H3. The summed E-state index contributed by atoms with van der Waals surface area (Å²) in [5, 5.41) is 8.89. The van der Waals surface area contributed by atoms with Gasteiger partial charge in [0.05, 0.1) is 12.7 Å². The van der Waals surface area contributed by atoms with Crippen molar-refractivity contribution in [3.8, 4) is 6.07 Å². The van der Waals surface area contributed by atoms with Crippen molar-refractivity contribution >= 4 is 5.97 Å². The number of esters is 1. The summed E-state index contributed by atoms with van der Waals surface area (Å²) < 4.78 is 4.86. The number of ether oxygens (including phenoxy) is 1. The first-order valence-corrected chi connectivity index (χ1v) is 6.21. The normalized spacial score (nSPS) is 13.9. The quantitative estimate of drug-likeness (QED) is 0.470. The molecule has 0 aromatic heterocycles. The van der Waals surface area contributed by atoms with Crippen LogP contribution in [0.1, 0.15) is 52.9 Å². The molecule has 0 fully saturated rings. The SMILES string of the molecule is CCCCCC(C)CC(C#N)C(=O)OCC. The molecule has 0 aliphatic heterocycles. The summed E-state index contributed by atoms with van der Waals surface area (Å²) in [7, 11) is 0. The smallest absolute Gasteiger partial charge is 0.323 e. The lowest BCUT2D eigenvalue weighted by Crippen LogP contribution is -2.18. The molecule has 0 saturated heterocycles. The molecule has 0 radical (unpaired) electrons. The Hall–Kier alpha value is -1.04. The minimum atomic E-state index is -0.587. The van der Waals surface area contributed by atoms with Gasteiger partial charge in [0.2, 0.25) is 0 Å². The molecule has 3 nitrogen and oxygen atoms in total. The second-order valence-electron chi connectivity index (χ2n) is 4.27. The lowest BCUT2D eigenvalue weighted by Gasteiger charge is -2.14. The van der Waals surface area contributed by atoms with Gasteiger partial charge in [0, 0.05) is 0 Å². The number of nitrogens with zero attached hydrogens (tertiary/aromatic N) is 1. The van der Waals surface area contributed by atoms with Crippen molar-refractivity contribution in [3.05, 3.63) is 0 Å². The average Bonchev–Trinajstić information content (AvgIpc) is 2.26. The largest absolute Gasteiger partial charge is 0.465 e. The molecule has 0 saturated carbocycles. The Labute approximate surface area is 98.8 Å². The lowest BCUT2D eigenvalue weighted by molar-refractivity contribution is -0.146. The van der Waals surface area contributed by atoms with Gasteiger partial charge in [-0.25, -0.2) is 0 Å². The highest BCUT2D eigenvalue weighted by molar-refractivity contribution is 5.75. The first-order valence-electron chi connectivity index (χ1n) is 6.21. The van der Waals surface area contributed by atoms with Gasteiger partial charge in [-0.1, -0.05) is 39.5 Å². The van der Waals surface area contributed by atoms with Crippen molar-refractivity contribution in [1.29, 1.82) is 5.26 Å². The van der Waals surface area contributed by atoms with E-state index < -0.39 is 5.92 Å². The predicted molar refractivity (Wildman–Crippen MR) is 63.7 cm³/mol. The number of carbonyl (C=O) groups excluding carboxylic acids is 1. The van der Waals surface area contributed by atoms with Crippen LogP contribution in [0.3, 0.4) is 0 Å². The molecule has 0 heterocycles. The number of hydrogen-bond donors (Lipinski definition) is 0. The van der Waals surface area contributed by atoms with E-state index in [1.807, 2.05) is 6.07 Å². The number of nitriles is 1. The van der Waals surface area contributed by atoms with Gasteiger partial charge in [-0.2, -0.15) is 5.26 Å². The van der Waals surface area contributed by atoms with Gasteiger partial charge in [0.1, 0.15) is 5.92 Å². The highest BCUT2D eigenvalue weighted by atomic mass is 16.5. The van der Waals surface area contributed by atoms with Crippen molar-refractivity contribution < 1.29 is 9.53 Å². The van der Waals surface area contributed by atoms with Crippen molar-refractivity contribution in [2.75, 3.05) is 6.61 Å². The minimum absolute atomic E-state index is 0.348. The van der Waals surface area contributed by atoms with Crippen LogP contribution < -0.4 is 0 Å². The van der Waals surface area contributed by atoms with Gasteiger partial charge in [-0.3, -0.25) is 4.79 Å². The third-order valence-corrected chi connectivity index (χ3v) is 2.67. The molecule has 0 N–H and O–H groups in total. The zero-order valence-corrected chi connectivity index (χ0v) is 10.7. The Morgan fingerprint density at radius 2 is 2.06 bits per heavy atom. The lowest BCUT2D eigenvalue weighted by atomic mass is 9.92. The van der Waals surface area contributed by atoms with Crippen molar-refractivity contribution in [1.82, 2.24) is 0 Å². The van der Waals surface area contributed by atoms with Crippen LogP contribution in [0.4, 0.5) is 0 Å². The number of hydrogen-bond acceptors (Lipinski definition) is 3. The second-order valence-corrected chi connectivity index (χ2v) is 4.27. The molecule has 16 heavy (non-hydrogen) atoms. The van der Waals surface area contributed by atoms with Crippen LogP contribution in [0.15, 0.2) is 0 Å². The van der Waals surface area contributed by atoms with E-state index in [-0.39, 0.29) is 5.97 Å². The highest BCUT2D eigenvalue weighted by Crippen LogP contribution is 2.19. The molecule has 3 heteroatoms. The summed E-state index contributed by atoms with van der Waals surface area (Å²) >= 11 is 0. The summed E-state index contributed by atoms with van der Waals surface area (Å²) in [6.45, 7) is 6.37. The van der Waals surface area contributed by atoms with E-state index in [1.165, 1.54) is 19.3 Å². The first kappa shape index (κ1) is 15.0. The molecule has 2 unspecified atom stereocenters. The fraction of sp³-hybridized carbons (Fsp3) is 0.846. The molecular formula is C13H23NO2. The molecule has 0 spiro atoms. The molecule has 0 aliphatic carbocycles. The Morgan fingerprint density at radius 3 is 2.56 bits per heavy atom. The van der Waals surface area contributed by atoms with E-state index in [4.69, 9.17) is 10.00 Å². The summed E-state index contributed by atoms with van der Waals surface area (Å²) in [5.41, 5.74) is 0. The molecule has 0 bridgehead atoms. The maximum absolute atomic E-state index is 11.4. The second kappa shape index (κ2) is 9.21. The fourth-order valence-electron chi connectivity index (χ4n) is 1.71. The zero-order chi connectivity index (χ0) is 12.4. The minimum Gasteiger partial charge on any atom is -0.465 e. The summed E-state index contributed by atoms with van der Waals surface area (Å²) in [4.78, 5) is 11.4. The monoisotopic (exact) mass is 225 g/mol. The van der Waals surface area contributed by atoms with E-state index in [2.05, 4.69) is 13.8 Å². The van der Waals surface area contributed by atoms with Crippen LogP contribution in [0.2, 0.25) is 0 Å². The van der Waals surface area contributed by atoms with Crippen LogP contribution in [0, 0.1) is 23.2 Å². The van der Waals surface area contributed by atoms with Crippen LogP contribution in [0.5, 0.6) is 0 Å². The Bertz CT molecular complexity index is 233. The summed E-state index contributed by atoms with van der Waals surface area (Å²) in [5.74, 6) is -0.537. The van der Waals surface area contributed by atoms with E-state index in [9.17, 15) is 4.79 Å². The van der Waals surface area contributed by atoms with Gasteiger partial charge in [0.25, 0.3) is 0 Å². The van der Waals surface area contributed by atoms with E-state index in [0.717, 1.165) is 6.42 Å². The molecule has 0 aromatic carbocycles. The molecule has 0 aromatic rings. The van der Waals surface area contributed by atoms with Crippen molar-refractivity contribution in [2.24, 2.45) is 11.8 Å².